The molecule has 0 aliphatic rings. The van der Waals surface area contributed by atoms with E-state index in [1.54, 1.807) is 24.3 Å². The van der Waals surface area contributed by atoms with E-state index in [-0.39, 0.29) is 23.2 Å². The van der Waals surface area contributed by atoms with Gasteiger partial charge in [0.05, 0.1) is 5.92 Å². The zero-order chi connectivity index (χ0) is 16.2. The van der Waals surface area contributed by atoms with Crippen LogP contribution in [0.2, 0.25) is 0 Å². The van der Waals surface area contributed by atoms with Crippen LogP contribution in [0.1, 0.15) is 17.0 Å². The number of hydrogen-bond acceptors (Lipinski definition) is 2. The van der Waals surface area contributed by atoms with Crippen molar-refractivity contribution in [2.75, 3.05) is 6.54 Å². The number of fused-ring (bicyclic) bond motifs is 1. The number of halogens is 1. The van der Waals surface area contributed by atoms with Gasteiger partial charge < -0.3 is 4.98 Å². The van der Waals surface area contributed by atoms with Crippen LogP contribution in [0.3, 0.4) is 0 Å². The summed E-state index contributed by atoms with van der Waals surface area (Å²) < 4.78 is 12.9. The normalized spacial score (nSPS) is 12.7. The Balaban J connectivity index is 1.94. The van der Waals surface area contributed by atoms with Crippen molar-refractivity contribution in [3.05, 3.63) is 87.9 Å². The monoisotopic (exact) mass is 310 g/mol. The van der Waals surface area contributed by atoms with Gasteiger partial charge in [-0.25, -0.2) is 4.39 Å². The van der Waals surface area contributed by atoms with Crippen LogP contribution in [0, 0.1) is 15.9 Å². The smallest absolute Gasteiger partial charge is 0.214 e. The Morgan fingerprint density at radius 2 is 1.91 bits per heavy atom. The first-order valence-corrected chi connectivity index (χ1v) is 7.25. The molecule has 0 fully saturated rings. The van der Waals surface area contributed by atoms with Crippen molar-refractivity contribution in [3.8, 4) is 0 Å². The SMILES string of the molecule is O=[N+]([O-])CC(/C=C/c1ccc(F)cc1)c1c[nH]c2ccccc12. The molecule has 2 aromatic carbocycles. The third-order valence-corrected chi connectivity index (χ3v) is 3.76. The fourth-order valence-corrected chi connectivity index (χ4v) is 2.63. The van der Waals surface area contributed by atoms with Gasteiger partial charge in [0.1, 0.15) is 5.82 Å². The van der Waals surface area contributed by atoms with Crippen molar-refractivity contribution in [1.82, 2.24) is 4.98 Å². The lowest BCUT2D eigenvalue weighted by atomic mass is 9.97. The summed E-state index contributed by atoms with van der Waals surface area (Å²) >= 11 is 0. The summed E-state index contributed by atoms with van der Waals surface area (Å²) in [5.74, 6) is -0.660. The number of H-pyrrole nitrogens is 1. The van der Waals surface area contributed by atoms with Gasteiger partial charge in [0.25, 0.3) is 0 Å². The third kappa shape index (κ3) is 3.45. The minimum atomic E-state index is -0.355. The van der Waals surface area contributed by atoms with E-state index in [4.69, 9.17) is 0 Å². The number of aromatic nitrogens is 1. The average Bonchev–Trinajstić information content (AvgIpc) is 2.96. The molecule has 0 amide bonds. The van der Waals surface area contributed by atoms with Gasteiger partial charge in [-0.05, 0) is 29.3 Å². The van der Waals surface area contributed by atoms with Crippen molar-refractivity contribution in [2.45, 2.75) is 5.92 Å². The summed E-state index contributed by atoms with van der Waals surface area (Å²) in [5.41, 5.74) is 2.64. The lowest BCUT2D eigenvalue weighted by molar-refractivity contribution is -0.481. The van der Waals surface area contributed by atoms with Crippen LogP contribution in [-0.2, 0) is 0 Å². The number of rotatable bonds is 5. The molecule has 1 N–H and O–H groups in total. The second-order valence-corrected chi connectivity index (χ2v) is 5.32. The number of aromatic amines is 1. The maximum atomic E-state index is 12.9. The van der Waals surface area contributed by atoms with Crippen LogP contribution < -0.4 is 0 Å². The number of benzene rings is 2. The summed E-state index contributed by atoms with van der Waals surface area (Å²) in [6.45, 7) is -0.195. The zero-order valence-electron chi connectivity index (χ0n) is 12.3. The highest BCUT2D eigenvalue weighted by Crippen LogP contribution is 2.27. The van der Waals surface area contributed by atoms with E-state index in [0.717, 1.165) is 22.0 Å². The van der Waals surface area contributed by atoms with Crippen LogP contribution >= 0.6 is 0 Å². The van der Waals surface area contributed by atoms with E-state index in [1.165, 1.54) is 12.1 Å². The second kappa shape index (κ2) is 6.44. The molecule has 23 heavy (non-hydrogen) atoms. The fourth-order valence-electron chi connectivity index (χ4n) is 2.63. The highest BCUT2D eigenvalue weighted by Gasteiger charge is 2.18. The van der Waals surface area contributed by atoms with Gasteiger partial charge in [0.15, 0.2) is 0 Å². The second-order valence-electron chi connectivity index (χ2n) is 5.32. The molecule has 0 aliphatic heterocycles. The van der Waals surface area contributed by atoms with Crippen LogP contribution in [-0.4, -0.2) is 16.5 Å². The first-order chi connectivity index (χ1) is 11.1. The van der Waals surface area contributed by atoms with Crippen molar-refractivity contribution in [3.63, 3.8) is 0 Å². The molecule has 0 spiro atoms. The molecule has 0 saturated heterocycles. The van der Waals surface area contributed by atoms with Crippen LogP contribution in [0.15, 0.2) is 60.8 Å². The molecule has 1 atom stereocenters. The molecule has 0 bridgehead atoms. The van der Waals surface area contributed by atoms with Gasteiger partial charge in [-0.1, -0.05) is 42.5 Å². The predicted octanol–water partition coefficient (Wildman–Crippen LogP) is 4.38. The third-order valence-electron chi connectivity index (χ3n) is 3.76. The topological polar surface area (TPSA) is 58.9 Å². The van der Waals surface area contributed by atoms with Crippen LogP contribution in [0.4, 0.5) is 4.39 Å². The van der Waals surface area contributed by atoms with E-state index in [0.29, 0.717) is 0 Å². The first-order valence-electron chi connectivity index (χ1n) is 7.25. The lowest BCUT2D eigenvalue weighted by Crippen LogP contribution is -2.10. The van der Waals surface area contributed by atoms with Crippen LogP contribution in [0.5, 0.6) is 0 Å². The highest BCUT2D eigenvalue weighted by atomic mass is 19.1. The Bertz CT molecular complexity index is 853. The van der Waals surface area contributed by atoms with E-state index in [9.17, 15) is 14.5 Å². The molecule has 1 aromatic heterocycles. The summed E-state index contributed by atoms with van der Waals surface area (Å²) in [6, 6.07) is 13.7. The quantitative estimate of drug-likeness (QED) is 0.561. The van der Waals surface area contributed by atoms with E-state index in [2.05, 4.69) is 4.98 Å². The predicted molar refractivity (Wildman–Crippen MR) is 88.3 cm³/mol. The Kier molecular flexibility index (Phi) is 4.19. The molecule has 0 saturated carbocycles. The Labute approximate surface area is 132 Å². The number of nitrogens with one attached hydrogen (secondary N) is 1. The summed E-state index contributed by atoms with van der Waals surface area (Å²) in [5, 5.41) is 12.0. The van der Waals surface area contributed by atoms with Crippen molar-refractivity contribution >= 4 is 17.0 Å². The van der Waals surface area contributed by atoms with Gasteiger partial charge in [-0.3, -0.25) is 10.1 Å². The summed E-state index contributed by atoms with van der Waals surface area (Å²) in [4.78, 5) is 13.8. The fraction of sp³-hybridized carbons (Fsp3) is 0.111. The average molecular weight is 310 g/mol. The first kappa shape index (κ1) is 15.0. The number of para-hydroxylation sites is 1. The van der Waals surface area contributed by atoms with E-state index < -0.39 is 0 Å². The van der Waals surface area contributed by atoms with Gasteiger partial charge in [0, 0.05) is 22.0 Å². The molecule has 5 heteroatoms. The maximum Gasteiger partial charge on any atom is 0.214 e. The standard InChI is InChI=1S/C18H15FN2O2/c19-15-9-6-13(7-10-15)5-8-14(12-21(22)23)17-11-20-18-4-2-1-3-16(17)18/h1-11,14,20H,12H2/b8-5+. The highest BCUT2D eigenvalue weighted by molar-refractivity contribution is 5.84. The Morgan fingerprint density at radius 3 is 2.65 bits per heavy atom. The number of nitrogens with zero attached hydrogens (tertiary/aromatic N) is 1. The molecular formula is C18H15FN2O2. The molecule has 3 aromatic rings. The molecular weight excluding hydrogens is 295 g/mol. The van der Waals surface area contributed by atoms with Crippen molar-refractivity contribution < 1.29 is 9.31 Å². The Hall–Kier alpha value is -2.95. The largest absolute Gasteiger partial charge is 0.361 e. The van der Waals surface area contributed by atoms with Gasteiger partial charge in [-0.15, -0.1) is 0 Å². The molecule has 3 rings (SSSR count). The van der Waals surface area contributed by atoms with Gasteiger partial charge in [0.2, 0.25) is 6.54 Å². The molecule has 1 heterocycles. The van der Waals surface area contributed by atoms with E-state index in [1.807, 2.05) is 30.5 Å². The maximum absolute atomic E-state index is 12.9. The Morgan fingerprint density at radius 1 is 1.17 bits per heavy atom. The molecule has 1 unspecified atom stereocenters. The lowest BCUT2D eigenvalue weighted by Gasteiger charge is -2.07. The summed E-state index contributed by atoms with van der Waals surface area (Å²) in [6.07, 6.45) is 5.40. The number of nitro groups is 1. The van der Waals surface area contributed by atoms with Crippen LogP contribution in [0.25, 0.3) is 17.0 Å². The van der Waals surface area contributed by atoms with Crippen molar-refractivity contribution in [2.24, 2.45) is 0 Å². The molecule has 4 nitrogen and oxygen atoms in total. The van der Waals surface area contributed by atoms with Gasteiger partial charge in [-0.2, -0.15) is 0 Å². The van der Waals surface area contributed by atoms with E-state index >= 15 is 0 Å². The summed E-state index contributed by atoms with van der Waals surface area (Å²) in [7, 11) is 0. The molecule has 0 radical (unpaired) electrons. The number of hydrogen-bond donors (Lipinski definition) is 1. The minimum Gasteiger partial charge on any atom is -0.361 e. The van der Waals surface area contributed by atoms with Gasteiger partial charge >= 0.3 is 0 Å². The minimum absolute atomic E-state index is 0.195. The molecule has 0 aliphatic carbocycles. The molecule has 116 valence electrons. The zero-order valence-corrected chi connectivity index (χ0v) is 12.3. The van der Waals surface area contributed by atoms with Crippen molar-refractivity contribution in [1.29, 1.82) is 0 Å².